The Morgan fingerprint density at radius 3 is 2.32 bits per heavy atom. The molecule has 19 heavy (non-hydrogen) atoms. The first-order valence-corrected chi connectivity index (χ1v) is 7.06. The van der Waals surface area contributed by atoms with E-state index in [0.29, 0.717) is 0 Å². The molecule has 2 rings (SSSR count). The predicted molar refractivity (Wildman–Crippen MR) is 79.7 cm³/mol. The first-order valence-electron chi connectivity index (χ1n) is 7.06. The summed E-state index contributed by atoms with van der Waals surface area (Å²) in [5, 5.41) is 3.28. The maximum atomic E-state index is 12.6. The molecule has 1 fully saturated rings. The lowest BCUT2D eigenvalue weighted by Gasteiger charge is -2.31. The number of nitrogens with one attached hydrogen (secondary N) is 1. The van der Waals surface area contributed by atoms with Crippen LogP contribution in [0.5, 0.6) is 0 Å². The second-order valence-electron chi connectivity index (χ2n) is 5.77. The number of hydrogen-bond donors (Lipinski definition) is 1. The average molecular weight is 260 g/mol. The molecule has 1 heterocycles. The van der Waals surface area contributed by atoms with Crippen molar-refractivity contribution in [2.45, 2.75) is 53.1 Å². The Morgan fingerprint density at radius 2 is 1.74 bits per heavy atom. The van der Waals surface area contributed by atoms with E-state index in [4.69, 9.17) is 0 Å². The number of benzene rings is 1. The van der Waals surface area contributed by atoms with Gasteiger partial charge >= 0.3 is 0 Å². The van der Waals surface area contributed by atoms with Crippen LogP contribution < -0.4 is 10.2 Å². The summed E-state index contributed by atoms with van der Waals surface area (Å²) in [7, 11) is 0. The fourth-order valence-electron chi connectivity index (χ4n) is 3.03. The average Bonchev–Trinajstić information content (AvgIpc) is 2.42. The van der Waals surface area contributed by atoms with Crippen molar-refractivity contribution >= 4 is 11.6 Å². The van der Waals surface area contributed by atoms with Crippen LogP contribution in [0.4, 0.5) is 5.69 Å². The fourth-order valence-corrected chi connectivity index (χ4v) is 3.03. The Labute approximate surface area is 116 Å². The number of rotatable bonds is 1. The third-order valence-electron chi connectivity index (χ3n) is 3.94. The first-order chi connectivity index (χ1) is 8.91. The SMILES string of the molecule is Cc1cc(C)c(N2C(=O)C(C)NCCC2C)c(C)c1. The zero-order valence-corrected chi connectivity index (χ0v) is 12.6. The molecule has 0 aliphatic carbocycles. The number of aryl methyl sites for hydroxylation is 3. The maximum Gasteiger partial charge on any atom is 0.244 e. The summed E-state index contributed by atoms with van der Waals surface area (Å²) in [6.07, 6.45) is 0.989. The second-order valence-corrected chi connectivity index (χ2v) is 5.77. The van der Waals surface area contributed by atoms with Crippen molar-refractivity contribution in [1.82, 2.24) is 5.32 Å². The zero-order valence-electron chi connectivity index (χ0n) is 12.6. The first kappa shape index (κ1) is 14.1. The lowest BCUT2D eigenvalue weighted by atomic mass is 10.0. The number of nitrogens with zero attached hydrogens (tertiary/aromatic N) is 1. The summed E-state index contributed by atoms with van der Waals surface area (Å²) in [5.41, 5.74) is 4.72. The smallest absolute Gasteiger partial charge is 0.244 e. The van der Waals surface area contributed by atoms with Crippen molar-refractivity contribution in [3.63, 3.8) is 0 Å². The van der Waals surface area contributed by atoms with Gasteiger partial charge in [0.05, 0.1) is 6.04 Å². The summed E-state index contributed by atoms with van der Waals surface area (Å²) in [5.74, 6) is 0.181. The van der Waals surface area contributed by atoms with Crippen LogP contribution in [-0.2, 0) is 4.79 Å². The molecule has 2 unspecified atom stereocenters. The summed E-state index contributed by atoms with van der Waals surface area (Å²) in [6, 6.07) is 4.45. The van der Waals surface area contributed by atoms with Gasteiger partial charge in [-0.3, -0.25) is 4.79 Å². The van der Waals surface area contributed by atoms with Crippen molar-refractivity contribution in [3.8, 4) is 0 Å². The number of amides is 1. The molecule has 104 valence electrons. The highest BCUT2D eigenvalue weighted by Crippen LogP contribution is 2.30. The number of carbonyl (C=O) groups is 1. The molecule has 0 spiro atoms. The number of carbonyl (C=O) groups excluding carboxylic acids is 1. The number of anilines is 1. The lowest BCUT2D eigenvalue weighted by molar-refractivity contribution is -0.120. The van der Waals surface area contributed by atoms with Crippen LogP contribution >= 0.6 is 0 Å². The van der Waals surface area contributed by atoms with Crippen molar-refractivity contribution in [2.75, 3.05) is 11.4 Å². The molecule has 1 N–H and O–H groups in total. The van der Waals surface area contributed by atoms with Gasteiger partial charge in [-0.15, -0.1) is 0 Å². The molecule has 1 aliphatic heterocycles. The standard InChI is InChI=1S/C16H24N2O/c1-10-8-11(2)15(12(3)9-10)18-13(4)6-7-17-14(5)16(18)19/h8-9,13-14,17H,6-7H2,1-5H3. The minimum Gasteiger partial charge on any atom is -0.308 e. The van der Waals surface area contributed by atoms with Crippen LogP contribution in [0.2, 0.25) is 0 Å². The van der Waals surface area contributed by atoms with Gasteiger partial charge in [-0.25, -0.2) is 0 Å². The molecule has 1 aromatic carbocycles. The van der Waals surface area contributed by atoms with Gasteiger partial charge in [0.15, 0.2) is 0 Å². The molecule has 1 aliphatic rings. The van der Waals surface area contributed by atoms with Crippen LogP contribution in [0, 0.1) is 20.8 Å². The summed E-state index contributed by atoms with van der Waals surface area (Å²) < 4.78 is 0. The van der Waals surface area contributed by atoms with Crippen LogP contribution in [0.15, 0.2) is 12.1 Å². The third kappa shape index (κ3) is 2.66. The van der Waals surface area contributed by atoms with E-state index in [-0.39, 0.29) is 18.0 Å². The maximum absolute atomic E-state index is 12.6. The van der Waals surface area contributed by atoms with E-state index >= 15 is 0 Å². The van der Waals surface area contributed by atoms with E-state index in [2.05, 4.69) is 45.1 Å². The Morgan fingerprint density at radius 1 is 1.16 bits per heavy atom. The summed E-state index contributed by atoms with van der Waals surface area (Å²) in [4.78, 5) is 14.6. The van der Waals surface area contributed by atoms with E-state index in [1.54, 1.807) is 0 Å². The molecule has 0 aromatic heterocycles. The van der Waals surface area contributed by atoms with Gasteiger partial charge in [0.25, 0.3) is 0 Å². The van der Waals surface area contributed by atoms with Gasteiger partial charge < -0.3 is 10.2 Å². The van der Waals surface area contributed by atoms with Crippen molar-refractivity contribution in [2.24, 2.45) is 0 Å². The minimum atomic E-state index is -0.106. The van der Waals surface area contributed by atoms with E-state index in [0.717, 1.165) is 18.7 Å². The van der Waals surface area contributed by atoms with Crippen molar-refractivity contribution in [3.05, 3.63) is 28.8 Å². The van der Waals surface area contributed by atoms with Crippen LogP contribution in [0.3, 0.4) is 0 Å². The van der Waals surface area contributed by atoms with Crippen molar-refractivity contribution in [1.29, 1.82) is 0 Å². The fraction of sp³-hybridized carbons (Fsp3) is 0.562. The number of hydrogen-bond acceptors (Lipinski definition) is 2. The third-order valence-corrected chi connectivity index (χ3v) is 3.94. The van der Waals surface area contributed by atoms with Gasteiger partial charge in [0.1, 0.15) is 0 Å². The highest BCUT2D eigenvalue weighted by molar-refractivity contribution is 5.99. The highest BCUT2D eigenvalue weighted by atomic mass is 16.2. The molecule has 0 radical (unpaired) electrons. The van der Waals surface area contributed by atoms with E-state index in [9.17, 15) is 4.79 Å². The van der Waals surface area contributed by atoms with Crippen molar-refractivity contribution < 1.29 is 4.79 Å². The Hall–Kier alpha value is -1.35. The monoisotopic (exact) mass is 260 g/mol. The highest BCUT2D eigenvalue weighted by Gasteiger charge is 2.30. The van der Waals surface area contributed by atoms with Gasteiger partial charge in [0, 0.05) is 11.7 Å². The molecule has 3 nitrogen and oxygen atoms in total. The van der Waals surface area contributed by atoms with Gasteiger partial charge in [-0.2, -0.15) is 0 Å². The molecular weight excluding hydrogens is 236 g/mol. The van der Waals surface area contributed by atoms with E-state index in [1.165, 1.54) is 16.7 Å². The van der Waals surface area contributed by atoms with Crippen LogP contribution in [-0.4, -0.2) is 24.5 Å². The quantitative estimate of drug-likeness (QED) is 0.842. The predicted octanol–water partition coefficient (Wildman–Crippen LogP) is 2.72. The Kier molecular flexibility index (Phi) is 3.95. The molecule has 0 bridgehead atoms. The normalized spacial score (nSPS) is 24.5. The lowest BCUT2D eigenvalue weighted by Crippen LogP contribution is -2.45. The Balaban J connectivity index is 2.51. The molecular formula is C16H24N2O. The largest absolute Gasteiger partial charge is 0.308 e. The molecule has 1 saturated heterocycles. The minimum absolute atomic E-state index is 0.106. The van der Waals surface area contributed by atoms with Gasteiger partial charge in [0.2, 0.25) is 5.91 Å². The van der Waals surface area contributed by atoms with Crippen LogP contribution in [0.25, 0.3) is 0 Å². The second kappa shape index (κ2) is 5.33. The van der Waals surface area contributed by atoms with Gasteiger partial charge in [-0.05, 0) is 58.7 Å². The topological polar surface area (TPSA) is 32.3 Å². The molecule has 2 atom stereocenters. The summed E-state index contributed by atoms with van der Waals surface area (Å²) >= 11 is 0. The molecule has 1 aromatic rings. The zero-order chi connectivity index (χ0) is 14.2. The molecule has 1 amide bonds. The van der Waals surface area contributed by atoms with E-state index < -0.39 is 0 Å². The van der Waals surface area contributed by atoms with Crippen LogP contribution in [0.1, 0.15) is 37.0 Å². The Bertz CT molecular complexity index is 473. The molecule has 3 heteroatoms. The van der Waals surface area contributed by atoms with E-state index in [1.807, 2.05) is 11.8 Å². The molecule has 0 saturated carbocycles. The van der Waals surface area contributed by atoms with Gasteiger partial charge in [-0.1, -0.05) is 17.7 Å². The summed E-state index contributed by atoms with van der Waals surface area (Å²) in [6.45, 7) is 11.3.